The molecule has 0 radical (unpaired) electrons. The molecule has 0 fully saturated rings. The molecule has 0 N–H and O–H groups in total. The number of fused-ring (bicyclic) bond motifs is 1. The molecule has 1 aliphatic rings. The van der Waals surface area contributed by atoms with Crippen LogP contribution >= 0.6 is 11.8 Å². The number of carbonyl (C=O) groups is 1. The third kappa shape index (κ3) is 4.06. The third-order valence-corrected chi connectivity index (χ3v) is 5.40. The average molecular weight is 372 g/mol. The Kier molecular flexibility index (Phi) is 5.32. The van der Waals surface area contributed by atoms with Crippen LogP contribution in [-0.4, -0.2) is 20.9 Å². The summed E-state index contributed by atoms with van der Waals surface area (Å²) >= 11 is 1.56. The van der Waals surface area contributed by atoms with Gasteiger partial charge in [0.05, 0.1) is 11.1 Å². The van der Waals surface area contributed by atoms with Gasteiger partial charge in [-0.1, -0.05) is 11.8 Å². The van der Waals surface area contributed by atoms with Gasteiger partial charge in [-0.2, -0.15) is 4.98 Å². The molecule has 0 atom stereocenters. The number of rotatable bonds is 4. The van der Waals surface area contributed by atoms with Crippen LogP contribution in [0.15, 0.2) is 17.4 Å². The zero-order valence-electron chi connectivity index (χ0n) is 16.0. The fourth-order valence-electron chi connectivity index (χ4n) is 2.85. The summed E-state index contributed by atoms with van der Waals surface area (Å²) in [5, 5.41) is 0.657. The Morgan fingerprint density at radius 2 is 2.00 bits per heavy atom. The van der Waals surface area contributed by atoms with Gasteiger partial charge >= 0.3 is 5.97 Å². The molecule has 3 rings (SSSR count). The molecule has 2 aromatic rings. The van der Waals surface area contributed by atoms with E-state index in [-0.39, 0.29) is 5.97 Å². The van der Waals surface area contributed by atoms with E-state index in [0.29, 0.717) is 11.0 Å². The van der Waals surface area contributed by atoms with Crippen molar-refractivity contribution in [3.8, 4) is 5.88 Å². The topological polar surface area (TPSA) is 65.0 Å². The quantitative estimate of drug-likeness (QED) is 0.455. The minimum Gasteiger partial charge on any atom is -0.407 e. The highest BCUT2D eigenvalue weighted by Crippen LogP contribution is 2.33. The van der Waals surface area contributed by atoms with Gasteiger partial charge in [0.2, 0.25) is 5.88 Å². The van der Waals surface area contributed by atoms with Gasteiger partial charge in [-0.3, -0.25) is 9.78 Å². The molecule has 0 amide bonds. The van der Waals surface area contributed by atoms with Crippen LogP contribution < -0.4 is 4.74 Å². The number of ether oxygens (including phenoxy) is 1. The monoisotopic (exact) mass is 371 g/mol. The van der Waals surface area contributed by atoms with E-state index in [1.807, 2.05) is 40.0 Å². The van der Waals surface area contributed by atoms with Crippen LogP contribution in [0, 0.1) is 19.3 Å². The maximum absolute atomic E-state index is 12.3. The molecule has 0 spiro atoms. The lowest BCUT2D eigenvalue weighted by Gasteiger charge is -2.17. The highest BCUT2D eigenvalue weighted by atomic mass is 32.2. The molecule has 0 bridgehead atoms. The van der Waals surface area contributed by atoms with Crippen molar-refractivity contribution in [3.05, 3.63) is 40.3 Å². The maximum atomic E-state index is 12.3. The van der Waals surface area contributed by atoms with Crippen LogP contribution in [-0.2, 0) is 23.4 Å². The molecule has 1 aliphatic carbocycles. The van der Waals surface area contributed by atoms with E-state index in [4.69, 9.17) is 9.72 Å². The Morgan fingerprint density at radius 1 is 1.23 bits per heavy atom. The van der Waals surface area contributed by atoms with Crippen molar-refractivity contribution in [2.45, 2.75) is 64.8 Å². The normalized spacial score (nSPS) is 13.6. The first kappa shape index (κ1) is 18.8. The standard InChI is InChI=1S/C20H25N3O2S/c1-12-9-10-21-13(2)15(12)11-26-19-22-16-8-6-7-14(16)17(23-19)25-18(24)20(3,4)5/h9-10H,6-8,11H2,1-5H3. The molecule has 0 unspecified atom stereocenters. The number of aromatic nitrogens is 3. The third-order valence-electron chi connectivity index (χ3n) is 4.53. The van der Waals surface area contributed by atoms with Gasteiger partial charge in [0.1, 0.15) is 0 Å². The van der Waals surface area contributed by atoms with E-state index in [2.05, 4.69) is 16.9 Å². The number of pyridine rings is 1. The fraction of sp³-hybridized carbons (Fsp3) is 0.500. The molecule has 2 heterocycles. The molecule has 6 heteroatoms. The molecule has 0 aromatic carbocycles. The van der Waals surface area contributed by atoms with E-state index in [9.17, 15) is 4.79 Å². The second-order valence-electron chi connectivity index (χ2n) is 7.71. The SMILES string of the molecule is Cc1ccnc(C)c1CSc1nc2c(c(OC(=O)C(C)(C)C)n1)CCC2. The van der Waals surface area contributed by atoms with Crippen LogP contribution in [0.1, 0.15) is 55.3 Å². The average Bonchev–Trinajstić information content (AvgIpc) is 3.02. The van der Waals surface area contributed by atoms with Gasteiger partial charge in [-0.15, -0.1) is 0 Å². The number of hydrogen-bond acceptors (Lipinski definition) is 6. The number of carbonyl (C=O) groups excluding carboxylic acids is 1. The van der Waals surface area contributed by atoms with Crippen molar-refractivity contribution >= 4 is 17.7 Å². The van der Waals surface area contributed by atoms with Crippen molar-refractivity contribution < 1.29 is 9.53 Å². The Morgan fingerprint density at radius 3 is 2.69 bits per heavy atom. The molecule has 0 aliphatic heterocycles. The molecule has 0 saturated heterocycles. The predicted molar refractivity (Wildman–Crippen MR) is 102 cm³/mol. The largest absolute Gasteiger partial charge is 0.407 e. The summed E-state index contributed by atoms with van der Waals surface area (Å²) in [5.41, 5.74) is 4.88. The molecule has 5 nitrogen and oxygen atoms in total. The van der Waals surface area contributed by atoms with E-state index < -0.39 is 5.41 Å². The summed E-state index contributed by atoms with van der Waals surface area (Å²) in [6.45, 7) is 9.65. The first-order valence-electron chi connectivity index (χ1n) is 8.91. The Balaban J connectivity index is 1.85. The summed E-state index contributed by atoms with van der Waals surface area (Å²) in [6, 6.07) is 2.02. The van der Waals surface area contributed by atoms with Crippen LogP contribution in [0.4, 0.5) is 0 Å². The number of hydrogen-bond donors (Lipinski definition) is 0. The highest BCUT2D eigenvalue weighted by Gasteiger charge is 2.28. The zero-order valence-corrected chi connectivity index (χ0v) is 16.9. The highest BCUT2D eigenvalue weighted by molar-refractivity contribution is 7.98. The molecule has 138 valence electrons. The van der Waals surface area contributed by atoms with E-state index in [0.717, 1.165) is 42.0 Å². The van der Waals surface area contributed by atoms with Crippen LogP contribution in [0.25, 0.3) is 0 Å². The van der Waals surface area contributed by atoms with Gasteiger partial charge in [0.25, 0.3) is 0 Å². The summed E-state index contributed by atoms with van der Waals surface area (Å²) in [4.78, 5) is 25.9. The van der Waals surface area contributed by atoms with Gasteiger partial charge in [0, 0.05) is 23.2 Å². The summed E-state index contributed by atoms with van der Waals surface area (Å²) in [7, 11) is 0. The molecular weight excluding hydrogens is 346 g/mol. The number of esters is 1. The molecule has 26 heavy (non-hydrogen) atoms. The minimum atomic E-state index is -0.562. The lowest BCUT2D eigenvalue weighted by molar-refractivity contribution is -0.143. The van der Waals surface area contributed by atoms with Crippen molar-refractivity contribution in [2.24, 2.45) is 5.41 Å². The van der Waals surface area contributed by atoms with E-state index >= 15 is 0 Å². The number of thioether (sulfide) groups is 1. The Labute approximate surface area is 159 Å². The maximum Gasteiger partial charge on any atom is 0.317 e. The smallest absolute Gasteiger partial charge is 0.317 e. The van der Waals surface area contributed by atoms with Gasteiger partial charge in [-0.05, 0) is 71.1 Å². The van der Waals surface area contributed by atoms with Crippen molar-refractivity contribution in [1.82, 2.24) is 15.0 Å². The molecular formula is C20H25N3O2S. The van der Waals surface area contributed by atoms with Gasteiger partial charge in [0.15, 0.2) is 5.16 Å². The summed E-state index contributed by atoms with van der Waals surface area (Å²) in [6.07, 6.45) is 4.64. The van der Waals surface area contributed by atoms with Crippen LogP contribution in [0.2, 0.25) is 0 Å². The van der Waals surface area contributed by atoms with E-state index in [1.165, 1.54) is 11.1 Å². The van der Waals surface area contributed by atoms with Crippen LogP contribution in [0.3, 0.4) is 0 Å². The lowest BCUT2D eigenvalue weighted by atomic mass is 9.97. The zero-order chi connectivity index (χ0) is 18.9. The summed E-state index contributed by atoms with van der Waals surface area (Å²) in [5.74, 6) is 0.923. The van der Waals surface area contributed by atoms with Gasteiger partial charge in [-0.25, -0.2) is 4.98 Å². The first-order valence-corrected chi connectivity index (χ1v) is 9.90. The fourth-order valence-corrected chi connectivity index (χ4v) is 3.88. The Bertz CT molecular complexity index is 823. The lowest BCUT2D eigenvalue weighted by Crippen LogP contribution is -2.26. The van der Waals surface area contributed by atoms with Gasteiger partial charge < -0.3 is 4.74 Å². The van der Waals surface area contributed by atoms with Crippen molar-refractivity contribution in [1.29, 1.82) is 0 Å². The second kappa shape index (κ2) is 7.35. The predicted octanol–water partition coefficient (Wildman–Crippen LogP) is 4.22. The summed E-state index contributed by atoms with van der Waals surface area (Å²) < 4.78 is 5.65. The van der Waals surface area contributed by atoms with Crippen molar-refractivity contribution in [3.63, 3.8) is 0 Å². The second-order valence-corrected chi connectivity index (χ2v) is 8.65. The number of nitrogens with zero attached hydrogens (tertiary/aromatic N) is 3. The van der Waals surface area contributed by atoms with Crippen LogP contribution in [0.5, 0.6) is 5.88 Å². The molecule has 2 aromatic heterocycles. The Hall–Kier alpha value is -1.95. The molecule has 0 saturated carbocycles. The number of aryl methyl sites for hydroxylation is 3. The van der Waals surface area contributed by atoms with E-state index in [1.54, 1.807) is 11.8 Å². The minimum absolute atomic E-state index is 0.264. The first-order chi connectivity index (χ1) is 12.3. The van der Waals surface area contributed by atoms with Crippen molar-refractivity contribution in [2.75, 3.05) is 0 Å².